The predicted molar refractivity (Wildman–Crippen MR) is 68.2 cm³/mol. The molecule has 0 spiro atoms. The zero-order chi connectivity index (χ0) is 11.7. The number of hydrogen-bond donors (Lipinski definition) is 0. The Morgan fingerprint density at radius 2 is 1.93 bits per heavy atom. The van der Waals surface area contributed by atoms with Gasteiger partial charge in [0.15, 0.2) is 0 Å². The molecule has 0 aromatic heterocycles. The molecule has 15 heavy (non-hydrogen) atoms. The molecule has 0 aliphatic carbocycles. The maximum absolute atomic E-state index is 5.56. The summed E-state index contributed by atoms with van der Waals surface area (Å²) in [6.45, 7) is 12.9. The quantitative estimate of drug-likeness (QED) is 0.647. The number of unbranched alkanes of at least 4 members (excludes halogenated alkanes) is 1. The summed E-state index contributed by atoms with van der Waals surface area (Å²) in [5, 5.41) is 0. The number of rotatable bonds is 5. The molecule has 0 aromatic rings. The molecule has 1 unspecified atom stereocenters. The van der Waals surface area contributed by atoms with Gasteiger partial charge in [0.2, 0.25) is 0 Å². The van der Waals surface area contributed by atoms with Crippen molar-refractivity contribution in [2.45, 2.75) is 66.7 Å². The molecule has 1 heteroatoms. The van der Waals surface area contributed by atoms with Crippen molar-refractivity contribution in [3.63, 3.8) is 0 Å². The minimum Gasteiger partial charge on any atom is -0.381 e. The molecule has 1 nitrogen and oxygen atoms in total. The van der Waals surface area contributed by atoms with E-state index < -0.39 is 0 Å². The second-order valence-electron chi connectivity index (χ2n) is 5.00. The molecule has 1 heterocycles. The zero-order valence-corrected chi connectivity index (χ0v) is 11.4. The van der Waals surface area contributed by atoms with Gasteiger partial charge in [-0.05, 0) is 30.6 Å². The van der Waals surface area contributed by atoms with E-state index in [2.05, 4.69) is 20.8 Å². The summed E-state index contributed by atoms with van der Waals surface area (Å²) in [7, 11) is 0. The molecular formula is C14H30O. The Labute approximate surface area is 96.6 Å². The number of hydrogen-bond acceptors (Lipinski definition) is 1. The van der Waals surface area contributed by atoms with Gasteiger partial charge in [0.25, 0.3) is 0 Å². The van der Waals surface area contributed by atoms with Crippen molar-refractivity contribution in [2.75, 3.05) is 13.2 Å². The lowest BCUT2D eigenvalue weighted by atomic mass is 9.76. The highest BCUT2D eigenvalue weighted by atomic mass is 16.5. The van der Waals surface area contributed by atoms with Crippen molar-refractivity contribution in [2.24, 2.45) is 11.3 Å². The molecule has 0 aromatic carbocycles. The van der Waals surface area contributed by atoms with E-state index in [1.165, 1.54) is 32.1 Å². The van der Waals surface area contributed by atoms with Crippen LogP contribution in [0.25, 0.3) is 0 Å². The maximum Gasteiger partial charge on any atom is 0.0523 e. The molecule has 0 amide bonds. The standard InChI is InChI=1S/C12H24O.C2H6/c1-4-5-6-12(9-11(2)3)7-8-13-10-12;1-2/h11H,4-10H2,1-3H3;1-2H3. The average Bonchev–Trinajstić information content (AvgIpc) is 2.66. The van der Waals surface area contributed by atoms with Gasteiger partial charge in [0.05, 0.1) is 6.61 Å². The topological polar surface area (TPSA) is 9.23 Å². The molecule has 92 valence electrons. The average molecular weight is 214 g/mol. The Morgan fingerprint density at radius 1 is 1.27 bits per heavy atom. The highest BCUT2D eigenvalue weighted by Gasteiger charge is 2.34. The molecule has 0 radical (unpaired) electrons. The predicted octanol–water partition coefficient (Wildman–Crippen LogP) is 4.66. The van der Waals surface area contributed by atoms with E-state index in [-0.39, 0.29) is 0 Å². The van der Waals surface area contributed by atoms with Crippen LogP contribution in [-0.4, -0.2) is 13.2 Å². The molecule has 1 atom stereocenters. The third-order valence-corrected chi connectivity index (χ3v) is 3.09. The SMILES string of the molecule is CC.CCCCC1(CC(C)C)CCOC1. The van der Waals surface area contributed by atoms with Crippen molar-refractivity contribution in [1.82, 2.24) is 0 Å². The Balaban J connectivity index is 0.000000921. The van der Waals surface area contributed by atoms with Crippen LogP contribution in [0.4, 0.5) is 0 Å². The molecule has 1 fully saturated rings. The summed E-state index contributed by atoms with van der Waals surface area (Å²) in [6, 6.07) is 0. The molecule has 1 aliphatic heterocycles. The molecule has 0 saturated carbocycles. The first-order chi connectivity index (χ1) is 7.18. The lowest BCUT2D eigenvalue weighted by Crippen LogP contribution is -2.23. The fourth-order valence-corrected chi connectivity index (χ4v) is 2.53. The van der Waals surface area contributed by atoms with Crippen molar-refractivity contribution >= 4 is 0 Å². The van der Waals surface area contributed by atoms with Crippen molar-refractivity contribution in [1.29, 1.82) is 0 Å². The molecular weight excluding hydrogens is 184 g/mol. The first-order valence-corrected chi connectivity index (χ1v) is 6.76. The summed E-state index contributed by atoms with van der Waals surface area (Å²) >= 11 is 0. The van der Waals surface area contributed by atoms with Gasteiger partial charge in [-0.1, -0.05) is 47.5 Å². The van der Waals surface area contributed by atoms with Crippen molar-refractivity contribution in [3.05, 3.63) is 0 Å². The summed E-state index contributed by atoms with van der Waals surface area (Å²) < 4.78 is 5.56. The van der Waals surface area contributed by atoms with Crippen LogP contribution in [0.5, 0.6) is 0 Å². The van der Waals surface area contributed by atoms with E-state index in [4.69, 9.17) is 4.74 Å². The van der Waals surface area contributed by atoms with Gasteiger partial charge in [-0.3, -0.25) is 0 Å². The van der Waals surface area contributed by atoms with Gasteiger partial charge in [-0.15, -0.1) is 0 Å². The maximum atomic E-state index is 5.56. The van der Waals surface area contributed by atoms with Crippen LogP contribution in [0.2, 0.25) is 0 Å². The summed E-state index contributed by atoms with van der Waals surface area (Å²) in [4.78, 5) is 0. The minimum atomic E-state index is 0.546. The first kappa shape index (κ1) is 15.0. The summed E-state index contributed by atoms with van der Waals surface area (Å²) in [6.07, 6.45) is 6.72. The van der Waals surface area contributed by atoms with Crippen LogP contribution >= 0.6 is 0 Å². The van der Waals surface area contributed by atoms with E-state index >= 15 is 0 Å². The van der Waals surface area contributed by atoms with Crippen molar-refractivity contribution < 1.29 is 4.74 Å². The Kier molecular flexibility index (Phi) is 8.13. The summed E-state index contributed by atoms with van der Waals surface area (Å²) in [5.41, 5.74) is 0.546. The summed E-state index contributed by atoms with van der Waals surface area (Å²) in [5.74, 6) is 0.818. The lowest BCUT2D eigenvalue weighted by molar-refractivity contribution is 0.127. The second-order valence-corrected chi connectivity index (χ2v) is 5.00. The normalized spacial score (nSPS) is 25.2. The molecule has 1 aliphatic rings. The van der Waals surface area contributed by atoms with Crippen LogP contribution < -0.4 is 0 Å². The third kappa shape index (κ3) is 5.55. The van der Waals surface area contributed by atoms with E-state index in [9.17, 15) is 0 Å². The van der Waals surface area contributed by atoms with Gasteiger partial charge in [0.1, 0.15) is 0 Å². The molecule has 1 rings (SSSR count). The van der Waals surface area contributed by atoms with Gasteiger partial charge < -0.3 is 4.74 Å². The number of ether oxygens (including phenoxy) is 1. The first-order valence-electron chi connectivity index (χ1n) is 6.76. The Hall–Kier alpha value is -0.0400. The second kappa shape index (κ2) is 8.15. The van der Waals surface area contributed by atoms with Crippen LogP contribution in [0.1, 0.15) is 66.7 Å². The largest absolute Gasteiger partial charge is 0.381 e. The van der Waals surface area contributed by atoms with Gasteiger partial charge in [0, 0.05) is 6.61 Å². The van der Waals surface area contributed by atoms with Crippen LogP contribution in [0.15, 0.2) is 0 Å². The zero-order valence-electron chi connectivity index (χ0n) is 11.4. The molecule has 0 bridgehead atoms. The lowest BCUT2D eigenvalue weighted by Gasteiger charge is -2.29. The fourth-order valence-electron chi connectivity index (χ4n) is 2.53. The Morgan fingerprint density at radius 3 is 2.33 bits per heavy atom. The van der Waals surface area contributed by atoms with Gasteiger partial charge in [-0.2, -0.15) is 0 Å². The van der Waals surface area contributed by atoms with Gasteiger partial charge in [-0.25, -0.2) is 0 Å². The van der Waals surface area contributed by atoms with Gasteiger partial charge >= 0.3 is 0 Å². The van der Waals surface area contributed by atoms with E-state index in [0.29, 0.717) is 5.41 Å². The molecule has 1 saturated heterocycles. The van der Waals surface area contributed by atoms with E-state index in [1.807, 2.05) is 13.8 Å². The smallest absolute Gasteiger partial charge is 0.0523 e. The van der Waals surface area contributed by atoms with E-state index in [1.54, 1.807) is 0 Å². The third-order valence-electron chi connectivity index (χ3n) is 3.09. The highest BCUT2D eigenvalue weighted by Crippen LogP contribution is 2.39. The van der Waals surface area contributed by atoms with Crippen LogP contribution in [0.3, 0.4) is 0 Å². The monoisotopic (exact) mass is 214 g/mol. The minimum absolute atomic E-state index is 0.546. The molecule has 0 N–H and O–H groups in total. The van der Waals surface area contributed by atoms with Crippen LogP contribution in [-0.2, 0) is 4.74 Å². The Bertz CT molecular complexity index is 134. The van der Waals surface area contributed by atoms with Crippen molar-refractivity contribution in [3.8, 4) is 0 Å². The fraction of sp³-hybridized carbons (Fsp3) is 1.00. The highest BCUT2D eigenvalue weighted by molar-refractivity contribution is 4.83. The van der Waals surface area contributed by atoms with Crippen LogP contribution in [0, 0.1) is 11.3 Å². The van der Waals surface area contributed by atoms with E-state index in [0.717, 1.165) is 19.1 Å².